The topological polar surface area (TPSA) is 78.8 Å². The van der Waals surface area contributed by atoms with Gasteiger partial charge in [0.2, 0.25) is 0 Å². The molecule has 0 unspecified atom stereocenters. The molecule has 1 rings (SSSR count). The second-order valence-electron chi connectivity index (χ2n) is 3.21. The summed E-state index contributed by atoms with van der Waals surface area (Å²) in [7, 11) is 0. The molecule has 0 aliphatic rings. The first-order valence-corrected chi connectivity index (χ1v) is 4.43. The molecule has 0 bridgehead atoms. The van der Waals surface area contributed by atoms with Gasteiger partial charge in [-0.25, -0.2) is 4.39 Å². The molecule has 0 aromatic heterocycles. The third-order valence-electron chi connectivity index (χ3n) is 1.87. The van der Waals surface area contributed by atoms with Crippen molar-refractivity contribution in [3.63, 3.8) is 0 Å². The Kier molecular flexibility index (Phi) is 3.62. The van der Waals surface area contributed by atoms with Crippen LogP contribution in [-0.4, -0.2) is 22.6 Å². The first-order valence-electron chi connectivity index (χ1n) is 4.43. The zero-order valence-electron chi connectivity index (χ0n) is 8.31. The number of hydrogen-bond donors (Lipinski definition) is 3. The van der Waals surface area contributed by atoms with Crippen LogP contribution in [0.2, 0.25) is 0 Å². The number of aromatic hydroxyl groups is 1. The van der Waals surface area contributed by atoms with Crippen LogP contribution in [0.1, 0.15) is 18.6 Å². The third-order valence-corrected chi connectivity index (χ3v) is 1.87. The van der Waals surface area contributed by atoms with Crippen molar-refractivity contribution in [2.24, 2.45) is 10.7 Å². The standard InChI is InChI=1S/C10H13FN2O2/c1-6(12)13-5-10(15)7-2-3-8(11)9(14)4-7/h2-4,10,14-15H,5H2,1H3,(H2,12,13)/t10-/m0/s1/i11-1. The Morgan fingerprint density at radius 3 is 2.80 bits per heavy atom. The van der Waals surface area contributed by atoms with Crippen LogP contribution in [0.5, 0.6) is 5.75 Å². The monoisotopic (exact) mass is 211 g/mol. The molecule has 0 saturated heterocycles. The van der Waals surface area contributed by atoms with Crippen LogP contribution < -0.4 is 5.73 Å². The highest BCUT2D eigenvalue weighted by Crippen LogP contribution is 2.21. The van der Waals surface area contributed by atoms with Crippen molar-refractivity contribution in [2.45, 2.75) is 13.0 Å². The first kappa shape index (κ1) is 11.5. The van der Waals surface area contributed by atoms with Gasteiger partial charge in [-0.1, -0.05) is 6.07 Å². The summed E-state index contributed by atoms with van der Waals surface area (Å²) in [6, 6.07) is 3.65. The SMILES string of the molecule is CC(N)=NC[C@H](O)c1ccc([18F])c(O)c1. The van der Waals surface area contributed by atoms with Crippen molar-refractivity contribution in [1.82, 2.24) is 0 Å². The lowest BCUT2D eigenvalue weighted by Gasteiger charge is -2.08. The van der Waals surface area contributed by atoms with Crippen LogP contribution in [-0.2, 0) is 0 Å². The Hall–Kier alpha value is -1.62. The van der Waals surface area contributed by atoms with Gasteiger partial charge in [0.25, 0.3) is 0 Å². The number of aliphatic hydroxyl groups excluding tert-OH is 1. The van der Waals surface area contributed by atoms with E-state index in [1.807, 2.05) is 0 Å². The van der Waals surface area contributed by atoms with Crippen LogP contribution >= 0.6 is 0 Å². The van der Waals surface area contributed by atoms with Gasteiger partial charge in [0.15, 0.2) is 11.6 Å². The van der Waals surface area contributed by atoms with E-state index in [0.29, 0.717) is 11.4 Å². The van der Waals surface area contributed by atoms with Gasteiger partial charge in [0.1, 0.15) is 0 Å². The smallest absolute Gasteiger partial charge is 0.164 e. The van der Waals surface area contributed by atoms with Crippen LogP contribution in [0, 0.1) is 5.82 Å². The zero-order chi connectivity index (χ0) is 11.4. The lowest BCUT2D eigenvalue weighted by atomic mass is 10.1. The fourth-order valence-corrected chi connectivity index (χ4v) is 1.07. The Balaban J connectivity index is 2.78. The molecule has 0 heterocycles. The number of halogens is 1. The molecule has 0 spiro atoms. The molecule has 1 atom stereocenters. The van der Waals surface area contributed by atoms with E-state index in [4.69, 9.17) is 10.8 Å². The number of rotatable bonds is 3. The molecule has 4 nitrogen and oxygen atoms in total. The number of aliphatic imine (C=N–C) groups is 1. The van der Waals surface area contributed by atoms with Gasteiger partial charge >= 0.3 is 0 Å². The molecular formula is C10H13FN2O2. The number of nitrogens with zero attached hydrogens (tertiary/aromatic N) is 1. The number of aliphatic hydroxyl groups is 1. The van der Waals surface area contributed by atoms with Crippen LogP contribution in [0.3, 0.4) is 0 Å². The van der Waals surface area contributed by atoms with E-state index in [-0.39, 0.29) is 6.54 Å². The molecule has 0 aliphatic heterocycles. The quantitative estimate of drug-likeness (QED) is 0.514. The molecule has 0 fully saturated rings. The fourth-order valence-electron chi connectivity index (χ4n) is 1.07. The molecule has 1 aromatic carbocycles. The molecule has 15 heavy (non-hydrogen) atoms. The molecule has 4 N–H and O–H groups in total. The second kappa shape index (κ2) is 4.75. The summed E-state index contributed by atoms with van der Waals surface area (Å²) in [6.45, 7) is 1.70. The molecule has 1 aromatic rings. The number of phenols is 1. The van der Waals surface area contributed by atoms with Gasteiger partial charge in [-0.05, 0) is 24.6 Å². The maximum Gasteiger partial charge on any atom is 0.164 e. The van der Waals surface area contributed by atoms with Crippen molar-refractivity contribution < 1.29 is 14.6 Å². The van der Waals surface area contributed by atoms with Crippen LogP contribution in [0.4, 0.5) is 4.39 Å². The normalized spacial score (nSPS) is 13.9. The summed E-state index contributed by atoms with van der Waals surface area (Å²) in [4.78, 5) is 3.82. The predicted octanol–water partition coefficient (Wildman–Crippen LogP) is 0.942. The molecule has 0 amide bonds. The second-order valence-corrected chi connectivity index (χ2v) is 3.21. The van der Waals surface area contributed by atoms with Crippen molar-refractivity contribution in [2.75, 3.05) is 6.54 Å². The summed E-state index contributed by atoms with van der Waals surface area (Å²) in [5.74, 6) is -0.843. The van der Waals surface area contributed by atoms with Crippen molar-refractivity contribution in [3.8, 4) is 5.75 Å². The highest BCUT2D eigenvalue weighted by Gasteiger charge is 2.09. The molecule has 82 valence electrons. The minimum absolute atomic E-state index is 0.0907. The summed E-state index contributed by atoms with van der Waals surface area (Å²) in [5.41, 5.74) is 5.70. The Bertz CT molecular complexity index is 376. The summed E-state index contributed by atoms with van der Waals surface area (Å²) in [5, 5.41) is 18.7. The molecule has 0 saturated carbocycles. The number of benzene rings is 1. The molecule has 0 radical (unpaired) electrons. The number of nitrogens with two attached hydrogens (primary N) is 1. The Morgan fingerprint density at radius 2 is 2.27 bits per heavy atom. The van der Waals surface area contributed by atoms with E-state index >= 15 is 0 Å². The minimum Gasteiger partial charge on any atom is -0.505 e. The predicted molar refractivity (Wildman–Crippen MR) is 55.2 cm³/mol. The van der Waals surface area contributed by atoms with Gasteiger partial charge in [-0.3, -0.25) is 4.99 Å². The van der Waals surface area contributed by atoms with E-state index in [1.54, 1.807) is 6.92 Å². The van der Waals surface area contributed by atoms with Crippen molar-refractivity contribution in [3.05, 3.63) is 29.6 Å². The van der Waals surface area contributed by atoms with E-state index in [2.05, 4.69) is 4.99 Å². The van der Waals surface area contributed by atoms with E-state index < -0.39 is 17.7 Å². The van der Waals surface area contributed by atoms with Crippen molar-refractivity contribution in [1.29, 1.82) is 0 Å². The van der Waals surface area contributed by atoms with Gasteiger partial charge in [-0.2, -0.15) is 0 Å². The first-order chi connectivity index (χ1) is 7.00. The lowest BCUT2D eigenvalue weighted by Crippen LogP contribution is -2.09. The highest BCUT2D eigenvalue weighted by molar-refractivity contribution is 5.77. The van der Waals surface area contributed by atoms with Crippen LogP contribution in [0.25, 0.3) is 0 Å². The largest absolute Gasteiger partial charge is 0.505 e. The highest BCUT2D eigenvalue weighted by atomic mass is 18.2. The maximum atomic E-state index is 12.7. The molecular weight excluding hydrogens is 198 g/mol. The number of phenolic OH excluding ortho intramolecular Hbond substituents is 1. The average Bonchev–Trinajstić information content (AvgIpc) is 2.18. The van der Waals surface area contributed by atoms with E-state index in [9.17, 15) is 9.50 Å². The maximum absolute atomic E-state index is 12.7. The molecule has 5 heteroatoms. The van der Waals surface area contributed by atoms with E-state index in [1.165, 1.54) is 12.1 Å². The third kappa shape index (κ3) is 3.21. The van der Waals surface area contributed by atoms with Gasteiger partial charge < -0.3 is 15.9 Å². The van der Waals surface area contributed by atoms with Gasteiger partial charge in [0, 0.05) is 0 Å². The Labute approximate surface area is 86.9 Å². The zero-order valence-corrected chi connectivity index (χ0v) is 8.31. The van der Waals surface area contributed by atoms with Crippen LogP contribution in [0.15, 0.2) is 23.2 Å². The summed E-state index contributed by atoms with van der Waals surface area (Å²) < 4.78 is 12.7. The molecule has 0 aliphatic carbocycles. The average molecular weight is 211 g/mol. The number of amidine groups is 1. The Morgan fingerprint density at radius 1 is 1.60 bits per heavy atom. The van der Waals surface area contributed by atoms with Gasteiger partial charge in [0.05, 0.1) is 18.5 Å². The lowest BCUT2D eigenvalue weighted by molar-refractivity contribution is 0.186. The number of hydrogen-bond acceptors (Lipinski definition) is 3. The summed E-state index contributed by atoms with van der Waals surface area (Å²) in [6.07, 6.45) is -0.894. The van der Waals surface area contributed by atoms with E-state index in [0.717, 1.165) is 6.07 Å². The van der Waals surface area contributed by atoms with Crippen molar-refractivity contribution >= 4 is 5.84 Å². The van der Waals surface area contributed by atoms with Gasteiger partial charge in [-0.15, -0.1) is 0 Å². The minimum atomic E-state index is -0.894. The summed E-state index contributed by atoms with van der Waals surface area (Å²) >= 11 is 0. The fraction of sp³-hybridized carbons (Fsp3) is 0.300.